The maximum atomic E-state index is 11.4. The lowest BCUT2D eigenvalue weighted by Gasteiger charge is -2.34. The summed E-state index contributed by atoms with van der Waals surface area (Å²) >= 11 is 0. The van der Waals surface area contributed by atoms with Crippen molar-refractivity contribution in [3.63, 3.8) is 0 Å². The van der Waals surface area contributed by atoms with Gasteiger partial charge in [-0.1, -0.05) is 0 Å². The first-order valence-corrected chi connectivity index (χ1v) is 4.64. The molecule has 0 spiro atoms. The summed E-state index contributed by atoms with van der Waals surface area (Å²) in [5.41, 5.74) is 0. The van der Waals surface area contributed by atoms with Gasteiger partial charge in [-0.3, -0.25) is 4.79 Å². The van der Waals surface area contributed by atoms with E-state index >= 15 is 0 Å². The van der Waals surface area contributed by atoms with E-state index in [1.165, 1.54) is 19.3 Å². The Bertz CT molecular complexity index is 165. The Balaban J connectivity index is 2.05. The molecule has 1 N–H and O–H groups in total. The van der Waals surface area contributed by atoms with Crippen LogP contribution in [0.15, 0.2) is 0 Å². The highest BCUT2D eigenvalue weighted by atomic mass is 16.1. The predicted octanol–water partition coefficient (Wildman–Crippen LogP) is 1.11. The van der Waals surface area contributed by atoms with Crippen molar-refractivity contribution in [1.29, 1.82) is 0 Å². The van der Waals surface area contributed by atoms with Crippen molar-refractivity contribution in [3.8, 4) is 0 Å². The van der Waals surface area contributed by atoms with Gasteiger partial charge in [0.15, 0.2) is 0 Å². The molecule has 0 aromatic carbocycles. The van der Waals surface area contributed by atoms with Crippen LogP contribution in [0.2, 0.25) is 0 Å². The Morgan fingerprint density at radius 2 is 2.09 bits per heavy atom. The third kappa shape index (κ3) is 1.32. The van der Waals surface area contributed by atoms with Crippen molar-refractivity contribution in [2.45, 2.75) is 38.1 Å². The van der Waals surface area contributed by atoms with Gasteiger partial charge in [-0.15, -0.1) is 0 Å². The molecule has 1 heterocycles. The van der Waals surface area contributed by atoms with Gasteiger partial charge >= 0.3 is 0 Å². The molecule has 2 aliphatic rings. The molecule has 2 unspecified atom stereocenters. The Morgan fingerprint density at radius 3 is 2.91 bits per heavy atom. The average molecular weight is 153 g/mol. The molecule has 11 heavy (non-hydrogen) atoms. The summed E-state index contributed by atoms with van der Waals surface area (Å²) in [4.78, 5) is 11.4. The van der Waals surface area contributed by atoms with Gasteiger partial charge in [0.2, 0.25) is 0 Å². The van der Waals surface area contributed by atoms with Gasteiger partial charge in [0.1, 0.15) is 5.78 Å². The summed E-state index contributed by atoms with van der Waals surface area (Å²) in [6.07, 6.45) is 5.73. The SMILES string of the molecule is O=C1CCCC2CCCNC12. The Labute approximate surface area is 67.4 Å². The van der Waals surface area contributed by atoms with E-state index in [0.29, 0.717) is 11.7 Å². The first kappa shape index (κ1) is 7.29. The maximum Gasteiger partial charge on any atom is 0.150 e. The third-order valence-electron chi connectivity index (χ3n) is 2.93. The van der Waals surface area contributed by atoms with E-state index < -0.39 is 0 Å². The second kappa shape index (κ2) is 2.94. The number of hydrogen-bond acceptors (Lipinski definition) is 2. The van der Waals surface area contributed by atoms with Gasteiger partial charge in [-0.25, -0.2) is 0 Å². The number of fused-ring (bicyclic) bond motifs is 1. The molecule has 2 heteroatoms. The summed E-state index contributed by atoms with van der Waals surface area (Å²) in [5.74, 6) is 1.13. The van der Waals surface area contributed by atoms with Crippen LogP contribution < -0.4 is 5.32 Å². The number of piperidine rings is 1. The first-order chi connectivity index (χ1) is 5.38. The highest BCUT2D eigenvalue weighted by molar-refractivity contribution is 5.85. The molecule has 0 bridgehead atoms. The number of carbonyl (C=O) groups excluding carboxylic acids is 1. The predicted molar refractivity (Wildman–Crippen MR) is 43.4 cm³/mol. The van der Waals surface area contributed by atoms with Crippen molar-refractivity contribution >= 4 is 5.78 Å². The van der Waals surface area contributed by atoms with Gasteiger partial charge in [-0.2, -0.15) is 0 Å². The molecule has 2 atom stereocenters. The zero-order valence-corrected chi connectivity index (χ0v) is 6.81. The van der Waals surface area contributed by atoms with Crippen molar-refractivity contribution in [2.75, 3.05) is 6.54 Å². The van der Waals surface area contributed by atoms with Gasteiger partial charge in [-0.05, 0) is 38.1 Å². The molecule has 1 saturated heterocycles. The number of rotatable bonds is 0. The van der Waals surface area contributed by atoms with Crippen LogP contribution >= 0.6 is 0 Å². The van der Waals surface area contributed by atoms with Crippen LogP contribution in [0.1, 0.15) is 32.1 Å². The number of Topliss-reactive ketones (excluding diaryl/α,β-unsaturated/α-hetero) is 1. The molecular formula is C9H15NO. The quantitative estimate of drug-likeness (QED) is 0.564. The van der Waals surface area contributed by atoms with E-state index in [0.717, 1.165) is 19.4 Å². The summed E-state index contributed by atoms with van der Waals surface area (Å²) in [7, 11) is 0. The summed E-state index contributed by atoms with van der Waals surface area (Å²) < 4.78 is 0. The number of hydrogen-bond donors (Lipinski definition) is 1. The van der Waals surface area contributed by atoms with Crippen LogP contribution in [0.5, 0.6) is 0 Å². The molecule has 2 rings (SSSR count). The molecular weight excluding hydrogens is 138 g/mol. The molecule has 0 aromatic heterocycles. The minimum Gasteiger partial charge on any atom is -0.307 e. The zero-order chi connectivity index (χ0) is 7.68. The molecule has 1 aliphatic heterocycles. The summed E-state index contributed by atoms with van der Waals surface area (Å²) in [5, 5.41) is 3.32. The Hall–Kier alpha value is -0.370. The fourth-order valence-corrected chi connectivity index (χ4v) is 2.34. The molecule has 2 fully saturated rings. The van der Waals surface area contributed by atoms with E-state index in [1.807, 2.05) is 0 Å². The standard InChI is InChI=1S/C9H15NO/c11-8-5-1-3-7-4-2-6-10-9(7)8/h7,9-10H,1-6H2. The summed E-state index contributed by atoms with van der Waals surface area (Å²) in [6.45, 7) is 1.05. The third-order valence-corrected chi connectivity index (χ3v) is 2.93. The number of nitrogens with one attached hydrogen (secondary N) is 1. The highest BCUT2D eigenvalue weighted by Crippen LogP contribution is 2.28. The van der Waals surface area contributed by atoms with Crippen molar-refractivity contribution in [1.82, 2.24) is 5.32 Å². The highest BCUT2D eigenvalue weighted by Gasteiger charge is 2.32. The Kier molecular flexibility index (Phi) is 1.95. The number of ketones is 1. The van der Waals surface area contributed by atoms with E-state index in [-0.39, 0.29) is 6.04 Å². The largest absolute Gasteiger partial charge is 0.307 e. The second-order valence-corrected chi connectivity index (χ2v) is 3.69. The summed E-state index contributed by atoms with van der Waals surface area (Å²) in [6, 6.07) is 0.234. The van der Waals surface area contributed by atoms with Gasteiger partial charge in [0.25, 0.3) is 0 Å². The zero-order valence-electron chi connectivity index (χ0n) is 6.81. The van der Waals surface area contributed by atoms with Crippen molar-refractivity contribution < 1.29 is 4.79 Å². The maximum absolute atomic E-state index is 11.4. The average Bonchev–Trinajstić information content (AvgIpc) is 2.06. The lowest BCUT2D eigenvalue weighted by atomic mass is 9.79. The van der Waals surface area contributed by atoms with Crippen molar-refractivity contribution in [2.24, 2.45) is 5.92 Å². The normalized spacial score (nSPS) is 38.4. The van der Waals surface area contributed by atoms with E-state index in [4.69, 9.17) is 0 Å². The first-order valence-electron chi connectivity index (χ1n) is 4.64. The molecule has 0 aromatic rings. The van der Waals surface area contributed by atoms with Crippen LogP contribution in [0.25, 0.3) is 0 Å². The van der Waals surface area contributed by atoms with Gasteiger partial charge < -0.3 is 5.32 Å². The van der Waals surface area contributed by atoms with E-state index in [2.05, 4.69) is 5.32 Å². The van der Waals surface area contributed by atoms with E-state index in [1.54, 1.807) is 0 Å². The lowest BCUT2D eigenvalue weighted by molar-refractivity contribution is -0.124. The molecule has 0 amide bonds. The molecule has 1 saturated carbocycles. The smallest absolute Gasteiger partial charge is 0.150 e. The van der Waals surface area contributed by atoms with Gasteiger partial charge in [0.05, 0.1) is 6.04 Å². The molecule has 1 aliphatic carbocycles. The molecule has 62 valence electrons. The fourth-order valence-electron chi connectivity index (χ4n) is 2.34. The minimum atomic E-state index is 0.234. The monoisotopic (exact) mass is 153 g/mol. The van der Waals surface area contributed by atoms with Crippen LogP contribution in [0, 0.1) is 5.92 Å². The van der Waals surface area contributed by atoms with Gasteiger partial charge in [0, 0.05) is 6.42 Å². The van der Waals surface area contributed by atoms with Crippen molar-refractivity contribution in [3.05, 3.63) is 0 Å². The number of carbonyl (C=O) groups is 1. The van der Waals surface area contributed by atoms with Crippen LogP contribution in [-0.4, -0.2) is 18.4 Å². The van der Waals surface area contributed by atoms with Crippen LogP contribution in [0.4, 0.5) is 0 Å². The van der Waals surface area contributed by atoms with Crippen LogP contribution in [-0.2, 0) is 4.79 Å². The molecule has 0 radical (unpaired) electrons. The van der Waals surface area contributed by atoms with Crippen LogP contribution in [0.3, 0.4) is 0 Å². The second-order valence-electron chi connectivity index (χ2n) is 3.69. The lowest BCUT2D eigenvalue weighted by Crippen LogP contribution is -2.48. The van der Waals surface area contributed by atoms with E-state index in [9.17, 15) is 4.79 Å². The molecule has 2 nitrogen and oxygen atoms in total. The fraction of sp³-hybridized carbons (Fsp3) is 0.889. The topological polar surface area (TPSA) is 29.1 Å². The minimum absolute atomic E-state index is 0.234. The Morgan fingerprint density at radius 1 is 1.27 bits per heavy atom.